The number of nitrogens with one attached hydrogen (secondary N) is 1. The van der Waals surface area contributed by atoms with Gasteiger partial charge in [-0.1, -0.05) is 0 Å². The molecule has 3 aliphatic rings. The van der Waals surface area contributed by atoms with E-state index < -0.39 is 8.09 Å². The van der Waals surface area contributed by atoms with E-state index in [4.69, 9.17) is 13.9 Å². The fourth-order valence-electron chi connectivity index (χ4n) is 0.737. The summed E-state index contributed by atoms with van der Waals surface area (Å²) in [4.78, 5) is 0. The van der Waals surface area contributed by atoms with Crippen LogP contribution in [0.5, 0.6) is 0 Å². The van der Waals surface area contributed by atoms with Crippen molar-refractivity contribution in [3.8, 4) is 0 Å². The monoisotopic (exact) mass is 179 g/mol. The van der Waals surface area contributed by atoms with E-state index in [9.17, 15) is 0 Å². The van der Waals surface area contributed by atoms with Crippen molar-refractivity contribution >= 4 is 8.09 Å². The molecule has 0 aromatic rings. The minimum absolute atomic E-state index is 0.989. The Morgan fingerprint density at radius 2 is 1.55 bits per heavy atom. The topological polar surface area (TPSA) is 59.0 Å². The number of hydroxylamine groups is 4. The van der Waals surface area contributed by atoms with E-state index >= 15 is 0 Å². The molecule has 0 aliphatic carbocycles. The van der Waals surface area contributed by atoms with Gasteiger partial charge in [-0.3, -0.25) is 0 Å². The second-order valence-electron chi connectivity index (χ2n) is 2.80. The van der Waals surface area contributed by atoms with Gasteiger partial charge in [-0.15, -0.1) is 0 Å². The van der Waals surface area contributed by atoms with Gasteiger partial charge in [0, 0.05) is 0 Å². The fourth-order valence-corrected chi connectivity index (χ4v) is 2.30. The summed E-state index contributed by atoms with van der Waals surface area (Å²) in [5.74, 6) is 0. The molecule has 3 rings (SSSR count). The third-order valence-electron chi connectivity index (χ3n) is 1.58. The Morgan fingerprint density at radius 3 is 1.82 bits per heavy atom. The van der Waals surface area contributed by atoms with Gasteiger partial charge in [-0.25, -0.2) is 0 Å². The third kappa shape index (κ3) is 1.52. The van der Waals surface area contributed by atoms with E-state index in [2.05, 4.69) is 5.25 Å². The SMILES string of the molecule is C1CN1O[PH]1(ON2CC2)NO1. The normalized spacial score (nSPS) is 36.7. The Bertz CT molecular complexity index is 163. The first-order chi connectivity index (χ1) is 5.36. The molecule has 3 saturated heterocycles. The number of nitrogens with zero attached hydrogens (tertiary/aromatic N) is 2. The predicted molar refractivity (Wildman–Crippen MR) is 37.9 cm³/mol. The Kier molecular flexibility index (Phi) is 1.28. The summed E-state index contributed by atoms with van der Waals surface area (Å²) in [5.41, 5.74) is 0. The van der Waals surface area contributed by atoms with E-state index in [0.717, 1.165) is 26.2 Å². The van der Waals surface area contributed by atoms with Crippen LogP contribution in [0.25, 0.3) is 0 Å². The zero-order valence-electron chi connectivity index (χ0n) is 5.95. The quantitative estimate of drug-likeness (QED) is 0.460. The van der Waals surface area contributed by atoms with Gasteiger partial charge >= 0.3 is 63.5 Å². The van der Waals surface area contributed by atoms with Gasteiger partial charge in [0.1, 0.15) is 0 Å². The van der Waals surface area contributed by atoms with Crippen molar-refractivity contribution in [2.75, 3.05) is 26.2 Å². The first-order valence-corrected chi connectivity index (χ1v) is 5.42. The molecule has 6 nitrogen and oxygen atoms in total. The zero-order valence-corrected chi connectivity index (χ0v) is 6.95. The van der Waals surface area contributed by atoms with Crippen LogP contribution in [0.2, 0.25) is 0 Å². The molecule has 0 saturated carbocycles. The molecule has 1 N–H and O–H groups in total. The first kappa shape index (κ1) is 6.68. The summed E-state index contributed by atoms with van der Waals surface area (Å²) < 4.78 is 15.7. The van der Waals surface area contributed by atoms with Crippen molar-refractivity contribution in [3.63, 3.8) is 0 Å². The molecule has 3 fully saturated rings. The molecule has 0 radical (unpaired) electrons. The average molecular weight is 179 g/mol. The first-order valence-electron chi connectivity index (χ1n) is 3.70. The minimum atomic E-state index is -2.35. The van der Waals surface area contributed by atoms with Crippen LogP contribution in [-0.2, 0) is 13.9 Å². The van der Waals surface area contributed by atoms with Crippen molar-refractivity contribution in [1.29, 1.82) is 0 Å². The Hall–Kier alpha value is 0.190. The third-order valence-corrected chi connectivity index (χ3v) is 3.11. The van der Waals surface area contributed by atoms with Gasteiger partial charge in [0.2, 0.25) is 0 Å². The van der Waals surface area contributed by atoms with Crippen molar-refractivity contribution in [1.82, 2.24) is 15.4 Å². The molecule has 64 valence electrons. The summed E-state index contributed by atoms with van der Waals surface area (Å²) in [7, 11) is -2.35. The van der Waals surface area contributed by atoms with Crippen LogP contribution in [0.4, 0.5) is 0 Å². The summed E-state index contributed by atoms with van der Waals surface area (Å²) >= 11 is 0. The standard InChI is InChI=1S/C4H10N3O3P/c1-2-6(1)9-11(5-8-11)10-7-3-4-7/h5,11H,1-4H2. The molecule has 0 unspecified atom stereocenters. The van der Waals surface area contributed by atoms with Crippen molar-refractivity contribution < 1.29 is 13.9 Å². The summed E-state index contributed by atoms with van der Waals surface area (Å²) in [6.45, 7) is 3.96. The molecule has 7 heteroatoms. The Balaban J connectivity index is 1.54. The molecule has 0 atom stereocenters. The van der Waals surface area contributed by atoms with E-state index in [1.54, 1.807) is 0 Å². The van der Waals surface area contributed by atoms with Gasteiger partial charge in [0.25, 0.3) is 0 Å². The van der Waals surface area contributed by atoms with Crippen molar-refractivity contribution in [3.05, 3.63) is 0 Å². The van der Waals surface area contributed by atoms with E-state index in [1.807, 2.05) is 10.1 Å². The zero-order chi connectivity index (χ0) is 7.31. The molecule has 0 amide bonds. The molecule has 0 aromatic heterocycles. The van der Waals surface area contributed by atoms with Crippen molar-refractivity contribution in [2.45, 2.75) is 0 Å². The fraction of sp³-hybridized carbons (Fsp3) is 1.00. The summed E-state index contributed by atoms with van der Waals surface area (Å²) in [6, 6.07) is 0. The molecular formula is C4H10N3O3P. The molecule has 0 bridgehead atoms. The van der Waals surface area contributed by atoms with E-state index in [0.29, 0.717) is 0 Å². The Morgan fingerprint density at radius 1 is 1.09 bits per heavy atom. The van der Waals surface area contributed by atoms with Crippen LogP contribution in [0.3, 0.4) is 0 Å². The molecule has 3 heterocycles. The number of hydrogen-bond acceptors (Lipinski definition) is 6. The Labute approximate surface area is 64.5 Å². The summed E-state index contributed by atoms with van der Waals surface area (Å²) in [6.07, 6.45) is 0. The van der Waals surface area contributed by atoms with Gasteiger partial charge in [-0.05, 0) is 0 Å². The maximum atomic E-state index is 5.39. The van der Waals surface area contributed by atoms with Crippen LogP contribution in [0.15, 0.2) is 0 Å². The van der Waals surface area contributed by atoms with Crippen molar-refractivity contribution in [2.24, 2.45) is 0 Å². The molecule has 11 heavy (non-hydrogen) atoms. The molecular weight excluding hydrogens is 169 g/mol. The van der Waals surface area contributed by atoms with E-state index in [-0.39, 0.29) is 0 Å². The van der Waals surface area contributed by atoms with Gasteiger partial charge in [-0.2, -0.15) is 0 Å². The van der Waals surface area contributed by atoms with Crippen LogP contribution in [-0.4, -0.2) is 36.3 Å². The molecule has 0 spiro atoms. The molecule has 0 aromatic carbocycles. The van der Waals surface area contributed by atoms with Crippen LogP contribution < -0.4 is 5.25 Å². The molecule has 3 aliphatic heterocycles. The average Bonchev–Trinajstić information content (AvgIpc) is 2.68. The number of rotatable bonds is 4. The predicted octanol–water partition coefficient (Wildman–Crippen LogP) is -0.575. The number of hydrogen-bond donors (Lipinski definition) is 1. The van der Waals surface area contributed by atoms with Gasteiger partial charge in [0.05, 0.1) is 0 Å². The second kappa shape index (κ2) is 2.11. The van der Waals surface area contributed by atoms with E-state index in [1.165, 1.54) is 0 Å². The van der Waals surface area contributed by atoms with Crippen LogP contribution in [0.1, 0.15) is 0 Å². The van der Waals surface area contributed by atoms with Crippen LogP contribution in [0, 0.1) is 0 Å². The van der Waals surface area contributed by atoms with Gasteiger partial charge in [0.15, 0.2) is 0 Å². The van der Waals surface area contributed by atoms with Crippen LogP contribution >= 0.6 is 8.09 Å². The summed E-state index contributed by atoms with van der Waals surface area (Å²) in [5, 5.41) is 6.36. The maximum absolute atomic E-state index is 5.39. The van der Waals surface area contributed by atoms with Gasteiger partial charge < -0.3 is 0 Å². The second-order valence-corrected chi connectivity index (χ2v) is 4.69.